The minimum Gasteiger partial charge on any atom is -0.478 e. The molecular formula is C11H17N3O4S. The smallest absolute Gasteiger partial charge is 0.257 e. The van der Waals surface area contributed by atoms with Crippen molar-refractivity contribution in [2.24, 2.45) is 0 Å². The van der Waals surface area contributed by atoms with Crippen LogP contribution in [-0.2, 0) is 4.79 Å². The number of rotatable bonds is 6. The minimum atomic E-state index is -1.20. The van der Waals surface area contributed by atoms with E-state index in [-0.39, 0.29) is 28.9 Å². The number of thioether (sulfide) groups is 1. The van der Waals surface area contributed by atoms with Crippen LogP contribution in [0.3, 0.4) is 0 Å². The Hall–Kier alpha value is -1.38. The van der Waals surface area contributed by atoms with Gasteiger partial charge in [0.15, 0.2) is 10.9 Å². The maximum Gasteiger partial charge on any atom is 0.257 e. The molecule has 1 aromatic heterocycles. The molecule has 0 amide bonds. The highest BCUT2D eigenvalue weighted by Crippen LogP contribution is 2.22. The lowest BCUT2D eigenvalue weighted by molar-refractivity contribution is -0.109. The van der Waals surface area contributed by atoms with Gasteiger partial charge in [-0.15, -0.1) is 0 Å². The molecule has 1 rings (SSSR count). The van der Waals surface area contributed by atoms with Crippen molar-refractivity contribution in [2.75, 3.05) is 18.6 Å². The van der Waals surface area contributed by atoms with Crippen LogP contribution >= 0.6 is 11.8 Å². The Kier molecular flexibility index (Phi) is 6.00. The number of nitrogens with two attached hydrogens (primary N) is 1. The third-order valence-corrected chi connectivity index (χ3v) is 3.21. The van der Waals surface area contributed by atoms with Gasteiger partial charge in [0, 0.05) is 12.7 Å². The number of aliphatic hydroxyl groups excluding tert-OH is 2. The molecule has 8 heteroatoms. The summed E-state index contributed by atoms with van der Waals surface area (Å²) in [5.74, 6) is 0.634. The molecule has 106 valence electrons. The second kappa shape index (κ2) is 7.27. The maximum atomic E-state index is 10.8. The first-order valence-corrected chi connectivity index (χ1v) is 6.60. The van der Waals surface area contributed by atoms with E-state index in [1.54, 1.807) is 0 Å². The van der Waals surface area contributed by atoms with Gasteiger partial charge in [0.2, 0.25) is 0 Å². The van der Waals surface area contributed by atoms with Gasteiger partial charge in [0.1, 0.15) is 6.10 Å². The zero-order valence-corrected chi connectivity index (χ0v) is 11.6. The second-order valence-corrected chi connectivity index (χ2v) is 5.10. The van der Waals surface area contributed by atoms with E-state index in [1.165, 1.54) is 20.2 Å². The number of aromatic nitrogens is 2. The van der Waals surface area contributed by atoms with Crippen LogP contribution in [0.5, 0.6) is 5.88 Å². The van der Waals surface area contributed by atoms with Crippen LogP contribution in [0.15, 0.2) is 6.20 Å². The quantitative estimate of drug-likeness (QED) is 0.675. The molecular weight excluding hydrogens is 270 g/mol. The van der Waals surface area contributed by atoms with Gasteiger partial charge in [-0.05, 0) is 6.42 Å². The number of nitrogens with zero attached hydrogens (tertiary/aromatic N) is 2. The maximum absolute atomic E-state index is 10.8. The average Bonchev–Trinajstić information content (AvgIpc) is 2.38. The zero-order chi connectivity index (χ0) is 14.4. The van der Waals surface area contributed by atoms with E-state index < -0.39 is 12.2 Å². The summed E-state index contributed by atoms with van der Waals surface area (Å²) in [6.45, 7) is 1.45. The van der Waals surface area contributed by atoms with E-state index in [4.69, 9.17) is 10.5 Å². The normalized spacial score (nSPS) is 13.9. The van der Waals surface area contributed by atoms with E-state index >= 15 is 0 Å². The zero-order valence-electron chi connectivity index (χ0n) is 10.7. The molecule has 19 heavy (non-hydrogen) atoms. The number of anilines is 1. The molecule has 0 bridgehead atoms. The third-order valence-electron chi connectivity index (χ3n) is 2.37. The van der Waals surface area contributed by atoms with Gasteiger partial charge < -0.3 is 20.7 Å². The summed E-state index contributed by atoms with van der Waals surface area (Å²) in [4.78, 5) is 18.5. The molecule has 1 heterocycles. The standard InChI is InChI=1S/C11H17N3O4S/c1-6(15)19-4-3-8(16)9(17)7-5-13-10(12)11(14-7)18-2/h5,8-9,16-17H,3-4H2,1-2H3,(H2,12,13). The monoisotopic (exact) mass is 287 g/mol. The molecule has 0 saturated heterocycles. The molecule has 0 saturated carbocycles. The third kappa shape index (κ3) is 4.66. The molecule has 2 atom stereocenters. The van der Waals surface area contributed by atoms with E-state index in [0.29, 0.717) is 5.75 Å². The van der Waals surface area contributed by atoms with Crippen molar-refractivity contribution in [3.63, 3.8) is 0 Å². The lowest BCUT2D eigenvalue weighted by Crippen LogP contribution is -2.21. The number of carbonyl (C=O) groups excluding carboxylic acids is 1. The van der Waals surface area contributed by atoms with Gasteiger partial charge in [-0.3, -0.25) is 4.79 Å². The van der Waals surface area contributed by atoms with Crippen LogP contribution in [0.2, 0.25) is 0 Å². The van der Waals surface area contributed by atoms with E-state index in [2.05, 4.69) is 9.97 Å². The van der Waals surface area contributed by atoms with Crippen LogP contribution in [0.1, 0.15) is 25.1 Å². The van der Waals surface area contributed by atoms with Crippen LogP contribution in [0, 0.1) is 0 Å². The highest BCUT2D eigenvalue weighted by Gasteiger charge is 2.21. The number of ether oxygens (including phenoxy) is 1. The lowest BCUT2D eigenvalue weighted by Gasteiger charge is -2.17. The lowest BCUT2D eigenvalue weighted by atomic mass is 10.1. The van der Waals surface area contributed by atoms with E-state index in [9.17, 15) is 15.0 Å². The Morgan fingerprint density at radius 3 is 2.84 bits per heavy atom. The van der Waals surface area contributed by atoms with Crippen molar-refractivity contribution in [1.29, 1.82) is 0 Å². The molecule has 0 aliphatic rings. The van der Waals surface area contributed by atoms with Gasteiger partial charge in [-0.25, -0.2) is 9.97 Å². The number of methoxy groups -OCH3 is 1. The topological polar surface area (TPSA) is 119 Å². The summed E-state index contributed by atoms with van der Waals surface area (Å²) in [5.41, 5.74) is 5.68. The average molecular weight is 287 g/mol. The van der Waals surface area contributed by atoms with Crippen LogP contribution < -0.4 is 10.5 Å². The van der Waals surface area contributed by atoms with Crippen molar-refractivity contribution < 1.29 is 19.7 Å². The fourth-order valence-electron chi connectivity index (χ4n) is 1.37. The molecule has 0 spiro atoms. The van der Waals surface area contributed by atoms with Crippen molar-refractivity contribution >= 4 is 22.7 Å². The Labute approximate surface area is 115 Å². The van der Waals surface area contributed by atoms with Gasteiger partial charge in [0.25, 0.3) is 5.88 Å². The number of hydrogen-bond donors (Lipinski definition) is 3. The van der Waals surface area contributed by atoms with Gasteiger partial charge in [-0.1, -0.05) is 11.8 Å². The molecule has 7 nitrogen and oxygen atoms in total. The largest absolute Gasteiger partial charge is 0.478 e. The van der Waals surface area contributed by atoms with Gasteiger partial charge >= 0.3 is 0 Å². The highest BCUT2D eigenvalue weighted by atomic mass is 32.2. The van der Waals surface area contributed by atoms with Crippen LogP contribution in [0.25, 0.3) is 0 Å². The molecule has 0 aromatic carbocycles. The van der Waals surface area contributed by atoms with Crippen molar-refractivity contribution in [3.8, 4) is 5.88 Å². The fourth-order valence-corrected chi connectivity index (χ4v) is 2.01. The van der Waals surface area contributed by atoms with Gasteiger partial charge in [0.05, 0.1) is 25.1 Å². The summed E-state index contributed by atoms with van der Waals surface area (Å²) in [7, 11) is 1.39. The minimum absolute atomic E-state index is 0.0318. The molecule has 0 aliphatic carbocycles. The Morgan fingerprint density at radius 1 is 1.58 bits per heavy atom. The number of carbonyl (C=O) groups is 1. The van der Waals surface area contributed by atoms with Crippen molar-refractivity contribution in [2.45, 2.75) is 25.6 Å². The molecule has 0 radical (unpaired) electrons. The summed E-state index contributed by atoms with van der Waals surface area (Å²) in [6.07, 6.45) is -0.687. The number of aliphatic hydroxyl groups is 2. The molecule has 0 aliphatic heterocycles. The summed E-state index contributed by atoms with van der Waals surface area (Å²) < 4.78 is 4.89. The van der Waals surface area contributed by atoms with E-state index in [1.807, 2.05) is 0 Å². The van der Waals surface area contributed by atoms with Crippen LogP contribution in [-0.4, -0.2) is 44.3 Å². The fraction of sp³-hybridized carbons (Fsp3) is 0.545. The van der Waals surface area contributed by atoms with Gasteiger partial charge in [-0.2, -0.15) is 0 Å². The molecule has 2 unspecified atom stereocenters. The summed E-state index contributed by atoms with van der Waals surface area (Å²) >= 11 is 1.09. The molecule has 4 N–H and O–H groups in total. The van der Waals surface area contributed by atoms with E-state index in [0.717, 1.165) is 11.8 Å². The first kappa shape index (κ1) is 15.7. The highest BCUT2D eigenvalue weighted by molar-refractivity contribution is 8.13. The number of nitrogen functional groups attached to an aromatic ring is 1. The predicted molar refractivity (Wildman–Crippen MR) is 71.7 cm³/mol. The van der Waals surface area contributed by atoms with Crippen molar-refractivity contribution in [1.82, 2.24) is 9.97 Å². The molecule has 0 fully saturated rings. The van der Waals surface area contributed by atoms with Crippen LogP contribution in [0.4, 0.5) is 5.82 Å². The second-order valence-electron chi connectivity index (χ2n) is 3.83. The SMILES string of the molecule is COc1nc(C(O)C(O)CCSC(C)=O)cnc1N. The Morgan fingerprint density at radius 2 is 2.26 bits per heavy atom. The van der Waals surface area contributed by atoms with Crippen molar-refractivity contribution in [3.05, 3.63) is 11.9 Å². The first-order valence-electron chi connectivity index (χ1n) is 5.61. The first-order chi connectivity index (χ1) is 8.95. The summed E-state index contributed by atoms with van der Waals surface area (Å²) in [5, 5.41) is 19.7. The Balaban J connectivity index is 2.65. The predicted octanol–water partition coefficient (Wildman–Crippen LogP) is 0.131. The summed E-state index contributed by atoms with van der Waals surface area (Å²) in [6, 6.07) is 0. The number of hydrogen-bond acceptors (Lipinski definition) is 8. The molecule has 1 aromatic rings. The Bertz CT molecular complexity index is 444.